The molecule has 2 heterocycles. The molecule has 0 aliphatic heterocycles. The maximum Gasteiger partial charge on any atom is 0.405 e. The van der Waals surface area contributed by atoms with Crippen LogP contribution in [0.2, 0.25) is 0 Å². The van der Waals surface area contributed by atoms with Gasteiger partial charge in [-0.25, -0.2) is 9.78 Å². The highest BCUT2D eigenvalue weighted by Gasteiger charge is 2.20. The van der Waals surface area contributed by atoms with Gasteiger partial charge in [-0.1, -0.05) is 12.1 Å². The highest BCUT2D eigenvalue weighted by Crippen LogP contribution is 2.19. The molecule has 1 unspecified atom stereocenters. The second kappa shape index (κ2) is 6.11. The molecule has 0 saturated heterocycles. The first-order valence-electron chi connectivity index (χ1n) is 7.41. The SMILES string of the molecule is Cc1cccc2nc(C(C)NC(=O)O)n(-c3cccnc3)c(=O)c12. The molecule has 0 fully saturated rings. The molecule has 2 N–H and O–H groups in total. The van der Waals surface area contributed by atoms with Crippen LogP contribution >= 0.6 is 0 Å². The minimum atomic E-state index is -1.18. The van der Waals surface area contributed by atoms with Crippen LogP contribution in [0.5, 0.6) is 0 Å². The Morgan fingerprint density at radius 1 is 1.29 bits per heavy atom. The van der Waals surface area contributed by atoms with Crippen molar-refractivity contribution in [2.75, 3.05) is 0 Å². The van der Waals surface area contributed by atoms with Crippen molar-refractivity contribution in [2.24, 2.45) is 0 Å². The zero-order valence-electron chi connectivity index (χ0n) is 13.2. The van der Waals surface area contributed by atoms with E-state index in [0.29, 0.717) is 22.4 Å². The van der Waals surface area contributed by atoms with E-state index in [1.807, 2.05) is 19.1 Å². The van der Waals surface area contributed by atoms with Crippen LogP contribution in [-0.4, -0.2) is 25.7 Å². The number of aryl methyl sites for hydroxylation is 1. The standard InChI is InChI=1S/C17H16N4O3/c1-10-5-3-7-13-14(10)16(22)21(12-6-4-8-18-9-12)15(20-13)11(2)19-17(23)24/h3-9,11,19H,1-2H3,(H,23,24). The zero-order chi connectivity index (χ0) is 17.3. The summed E-state index contributed by atoms with van der Waals surface area (Å²) in [5, 5.41) is 11.9. The van der Waals surface area contributed by atoms with E-state index in [9.17, 15) is 9.59 Å². The molecule has 0 saturated carbocycles. The lowest BCUT2D eigenvalue weighted by Crippen LogP contribution is -2.32. The molecule has 0 spiro atoms. The Hall–Kier alpha value is -3.22. The van der Waals surface area contributed by atoms with Gasteiger partial charge in [0.05, 0.1) is 28.8 Å². The summed E-state index contributed by atoms with van der Waals surface area (Å²) in [6.45, 7) is 3.49. The van der Waals surface area contributed by atoms with E-state index in [1.54, 1.807) is 37.5 Å². The normalized spacial score (nSPS) is 12.1. The van der Waals surface area contributed by atoms with E-state index in [0.717, 1.165) is 5.56 Å². The van der Waals surface area contributed by atoms with E-state index in [-0.39, 0.29) is 5.56 Å². The average Bonchev–Trinajstić information content (AvgIpc) is 2.54. The molecule has 24 heavy (non-hydrogen) atoms. The maximum absolute atomic E-state index is 13.1. The molecule has 0 aliphatic carbocycles. The predicted molar refractivity (Wildman–Crippen MR) is 89.4 cm³/mol. The Balaban J connectivity index is 2.37. The van der Waals surface area contributed by atoms with Crippen molar-refractivity contribution in [1.82, 2.24) is 19.9 Å². The summed E-state index contributed by atoms with van der Waals surface area (Å²) < 4.78 is 1.41. The molecular weight excluding hydrogens is 308 g/mol. The van der Waals surface area contributed by atoms with Crippen molar-refractivity contribution in [1.29, 1.82) is 0 Å². The number of hydrogen-bond acceptors (Lipinski definition) is 4. The number of nitrogens with one attached hydrogen (secondary N) is 1. The van der Waals surface area contributed by atoms with Crippen LogP contribution < -0.4 is 10.9 Å². The van der Waals surface area contributed by atoms with Crippen LogP contribution in [0.25, 0.3) is 16.6 Å². The fourth-order valence-corrected chi connectivity index (χ4v) is 2.69. The largest absolute Gasteiger partial charge is 0.465 e. The summed E-state index contributed by atoms with van der Waals surface area (Å²) in [4.78, 5) is 32.7. The Labute approximate surface area is 137 Å². The third-order valence-corrected chi connectivity index (χ3v) is 3.76. The van der Waals surface area contributed by atoms with Gasteiger partial charge in [-0.05, 0) is 37.6 Å². The number of benzene rings is 1. The van der Waals surface area contributed by atoms with E-state index >= 15 is 0 Å². The van der Waals surface area contributed by atoms with E-state index in [1.165, 1.54) is 4.57 Å². The summed E-state index contributed by atoms with van der Waals surface area (Å²) >= 11 is 0. The molecule has 7 nitrogen and oxygen atoms in total. The molecule has 122 valence electrons. The monoisotopic (exact) mass is 324 g/mol. The third kappa shape index (κ3) is 2.71. The number of hydrogen-bond donors (Lipinski definition) is 2. The molecule has 1 atom stereocenters. The second-order valence-corrected chi connectivity index (χ2v) is 5.46. The van der Waals surface area contributed by atoms with Gasteiger partial charge in [-0.2, -0.15) is 0 Å². The van der Waals surface area contributed by atoms with Gasteiger partial charge in [0, 0.05) is 6.20 Å². The number of nitrogens with zero attached hydrogens (tertiary/aromatic N) is 3. The third-order valence-electron chi connectivity index (χ3n) is 3.76. The van der Waals surface area contributed by atoms with E-state index in [4.69, 9.17) is 5.11 Å². The predicted octanol–water partition coefficient (Wildman–Crippen LogP) is 2.42. The van der Waals surface area contributed by atoms with Crippen molar-refractivity contribution in [2.45, 2.75) is 19.9 Å². The minimum Gasteiger partial charge on any atom is -0.465 e. The highest BCUT2D eigenvalue weighted by atomic mass is 16.4. The van der Waals surface area contributed by atoms with Gasteiger partial charge in [0.2, 0.25) is 0 Å². The lowest BCUT2D eigenvalue weighted by atomic mass is 10.1. The summed E-state index contributed by atoms with van der Waals surface area (Å²) in [6, 6.07) is 8.18. The molecule has 0 bridgehead atoms. The van der Waals surface area contributed by atoms with Crippen LogP contribution in [0.4, 0.5) is 4.79 Å². The Bertz CT molecular complexity index is 967. The number of rotatable bonds is 3. The smallest absolute Gasteiger partial charge is 0.405 e. The van der Waals surface area contributed by atoms with Gasteiger partial charge < -0.3 is 10.4 Å². The van der Waals surface area contributed by atoms with Gasteiger partial charge in [-0.3, -0.25) is 14.3 Å². The van der Waals surface area contributed by atoms with Crippen LogP contribution in [0.1, 0.15) is 24.4 Å². The first-order chi connectivity index (χ1) is 11.5. The molecule has 3 aromatic rings. The Morgan fingerprint density at radius 2 is 2.08 bits per heavy atom. The molecule has 0 radical (unpaired) electrons. The first kappa shape index (κ1) is 15.7. The van der Waals surface area contributed by atoms with Gasteiger partial charge >= 0.3 is 6.09 Å². The number of carboxylic acid groups (broad SMARTS) is 1. The van der Waals surface area contributed by atoms with Gasteiger partial charge in [-0.15, -0.1) is 0 Å². The fourth-order valence-electron chi connectivity index (χ4n) is 2.69. The van der Waals surface area contributed by atoms with Gasteiger partial charge in [0.15, 0.2) is 0 Å². The topological polar surface area (TPSA) is 97.1 Å². The number of amides is 1. The second-order valence-electron chi connectivity index (χ2n) is 5.46. The van der Waals surface area contributed by atoms with E-state index < -0.39 is 12.1 Å². The summed E-state index contributed by atoms with van der Waals surface area (Å²) in [5.41, 5.74) is 1.64. The Kier molecular flexibility index (Phi) is 3.99. The van der Waals surface area contributed by atoms with Crippen molar-refractivity contribution < 1.29 is 9.90 Å². The highest BCUT2D eigenvalue weighted by molar-refractivity contribution is 5.81. The molecule has 2 aromatic heterocycles. The van der Waals surface area contributed by atoms with Crippen molar-refractivity contribution in [3.63, 3.8) is 0 Å². The average molecular weight is 324 g/mol. The quantitative estimate of drug-likeness (QED) is 0.771. The van der Waals surface area contributed by atoms with Crippen LogP contribution in [-0.2, 0) is 0 Å². The number of carbonyl (C=O) groups is 1. The van der Waals surface area contributed by atoms with Gasteiger partial charge in [0.25, 0.3) is 5.56 Å². The first-order valence-corrected chi connectivity index (χ1v) is 7.41. The molecule has 7 heteroatoms. The fraction of sp³-hybridized carbons (Fsp3) is 0.176. The Morgan fingerprint density at radius 3 is 2.75 bits per heavy atom. The number of pyridine rings is 1. The summed E-state index contributed by atoms with van der Waals surface area (Å²) in [6.07, 6.45) is 1.97. The molecule has 0 aliphatic rings. The van der Waals surface area contributed by atoms with Crippen LogP contribution in [0, 0.1) is 6.92 Å². The lowest BCUT2D eigenvalue weighted by molar-refractivity contribution is 0.190. The van der Waals surface area contributed by atoms with Crippen LogP contribution in [0.3, 0.4) is 0 Å². The number of fused-ring (bicyclic) bond motifs is 1. The molecule has 1 amide bonds. The van der Waals surface area contributed by atoms with Crippen molar-refractivity contribution in [3.8, 4) is 5.69 Å². The van der Waals surface area contributed by atoms with Gasteiger partial charge in [0.1, 0.15) is 5.82 Å². The molecule has 3 rings (SSSR count). The molecule has 1 aromatic carbocycles. The van der Waals surface area contributed by atoms with Crippen molar-refractivity contribution >= 4 is 17.0 Å². The van der Waals surface area contributed by atoms with E-state index in [2.05, 4.69) is 15.3 Å². The summed E-state index contributed by atoms with van der Waals surface area (Å²) in [7, 11) is 0. The lowest BCUT2D eigenvalue weighted by Gasteiger charge is -2.18. The maximum atomic E-state index is 13.1. The zero-order valence-corrected chi connectivity index (χ0v) is 13.2. The van der Waals surface area contributed by atoms with Crippen molar-refractivity contribution in [3.05, 3.63) is 64.5 Å². The molecular formula is C17H16N4O3. The number of aromatic nitrogens is 3. The summed E-state index contributed by atoms with van der Waals surface area (Å²) in [5.74, 6) is 0.313. The van der Waals surface area contributed by atoms with Crippen LogP contribution in [0.15, 0.2) is 47.5 Å². The minimum absolute atomic E-state index is 0.250.